The van der Waals surface area contributed by atoms with Gasteiger partial charge in [0.05, 0.1) is 7.11 Å². The molecule has 0 aromatic heterocycles. The van der Waals surface area contributed by atoms with Crippen molar-refractivity contribution >= 4 is 11.6 Å². The molecule has 0 atom stereocenters. The number of hydrogen-bond donors (Lipinski definition) is 0. The van der Waals surface area contributed by atoms with E-state index in [0.29, 0.717) is 0 Å². The maximum atomic E-state index is 7.50. The fourth-order valence-electron chi connectivity index (χ4n) is 1.55. The van der Waals surface area contributed by atoms with Gasteiger partial charge in [0.25, 0.3) is 0 Å². The third-order valence-corrected chi connectivity index (χ3v) is 2.60. The summed E-state index contributed by atoms with van der Waals surface area (Å²) in [5, 5.41) is 0.738. The second-order valence-electron chi connectivity index (χ2n) is 3.18. The van der Waals surface area contributed by atoms with Gasteiger partial charge in [0.15, 0.2) is 0 Å². The number of ether oxygens (including phenoxy) is 1. The summed E-state index contributed by atoms with van der Waals surface area (Å²) in [6, 6.07) is 15.6. The van der Waals surface area contributed by atoms with Crippen molar-refractivity contribution in [3.8, 4) is 16.9 Å². The number of methoxy groups -OCH3 is 1. The molecule has 2 rings (SSSR count). The molecule has 4 nitrogen and oxygen atoms in total. The largest absolute Gasteiger partial charge is 0 e. The minimum absolute atomic E-state index is 0. The molecule has 0 aliphatic carbocycles. The summed E-state index contributed by atoms with van der Waals surface area (Å²) >= 11 is 6.13. The van der Waals surface area contributed by atoms with Crippen LogP contribution < -0.4 is 4.74 Å². The topological polar surface area (TPSA) is 68.9 Å². The van der Waals surface area contributed by atoms with Gasteiger partial charge in [-0.25, -0.2) is 0 Å². The molecule has 0 amide bonds. The molecule has 2 aromatic rings. The van der Waals surface area contributed by atoms with Crippen LogP contribution in [0.3, 0.4) is 0 Å². The van der Waals surface area contributed by atoms with Crippen LogP contribution in [0, 0.1) is 20.0 Å². The predicted octanol–water partition coefficient (Wildman–Crippen LogP) is 3.90. The molecule has 6 heteroatoms. The van der Waals surface area contributed by atoms with Crippen LogP contribution in [0.5, 0.6) is 5.75 Å². The molecule has 0 saturated carbocycles. The molecule has 0 spiro atoms. The van der Waals surface area contributed by atoms with Gasteiger partial charge >= 0.3 is 33.9 Å². The van der Waals surface area contributed by atoms with E-state index in [9.17, 15) is 0 Å². The molecule has 0 unspecified atom stereocenters. The Kier molecular flexibility index (Phi) is 19.9. The summed E-state index contributed by atoms with van der Waals surface area (Å²) in [6.45, 7) is 13.5. The van der Waals surface area contributed by atoms with Crippen molar-refractivity contribution in [3.05, 3.63) is 73.5 Å². The quantitative estimate of drug-likeness (QED) is 0.595. The summed E-state index contributed by atoms with van der Waals surface area (Å²) in [5.74, 6) is 0.839. The van der Waals surface area contributed by atoms with Crippen molar-refractivity contribution in [1.82, 2.24) is 0 Å². The second kappa shape index (κ2) is 17.3. The van der Waals surface area contributed by atoms with Crippen LogP contribution in [0.2, 0.25) is 5.02 Å². The van der Waals surface area contributed by atoms with E-state index in [4.69, 9.17) is 30.3 Å². The number of para-hydroxylation sites is 1. The maximum Gasteiger partial charge on any atom is 0 e. The summed E-state index contributed by atoms with van der Waals surface area (Å²) in [7, 11) is 1.66. The van der Waals surface area contributed by atoms with Crippen molar-refractivity contribution in [1.29, 1.82) is 0 Å². The maximum absolute atomic E-state index is 7.50. The van der Waals surface area contributed by atoms with Gasteiger partial charge in [0.2, 0.25) is 0 Å². The van der Waals surface area contributed by atoms with Crippen LogP contribution in [0.25, 0.3) is 11.1 Å². The Morgan fingerprint density at radius 3 is 1.64 bits per heavy atom. The molecule has 22 heavy (non-hydrogen) atoms. The molecular formula is C16H11ClCrO4. The third kappa shape index (κ3) is 7.91. The van der Waals surface area contributed by atoms with Crippen LogP contribution in [0.15, 0.2) is 48.5 Å². The van der Waals surface area contributed by atoms with Gasteiger partial charge in [-0.2, -0.15) is 0 Å². The number of hydrogen-bond acceptors (Lipinski definition) is 1. The monoisotopic (exact) mass is 354 g/mol. The fourth-order valence-corrected chi connectivity index (χ4v) is 1.78. The zero-order valence-electron chi connectivity index (χ0n) is 11.5. The molecule has 0 radical (unpaired) electrons. The average molecular weight is 355 g/mol. The number of halogens is 1. The van der Waals surface area contributed by atoms with Crippen molar-refractivity contribution in [2.24, 2.45) is 0 Å². The Balaban J connectivity index is -0.000000463. The van der Waals surface area contributed by atoms with Gasteiger partial charge < -0.3 is 4.74 Å². The molecule has 112 valence electrons. The van der Waals surface area contributed by atoms with E-state index in [1.165, 1.54) is 0 Å². The minimum atomic E-state index is 0. The Hall–Kier alpha value is -1.72. The molecule has 0 heterocycles. The van der Waals surface area contributed by atoms with Gasteiger partial charge in [-0.05, 0) is 12.1 Å². The van der Waals surface area contributed by atoms with E-state index in [2.05, 4.69) is 20.0 Å². The number of rotatable bonds is 2. The van der Waals surface area contributed by atoms with E-state index in [1.54, 1.807) is 7.11 Å². The average Bonchev–Trinajstić information content (AvgIpc) is 2.61. The van der Waals surface area contributed by atoms with Crippen molar-refractivity contribution in [3.63, 3.8) is 0 Å². The van der Waals surface area contributed by atoms with Crippen LogP contribution in [0.4, 0.5) is 0 Å². The molecule has 0 bridgehead atoms. The first-order chi connectivity index (χ1) is 10.3. The summed E-state index contributed by atoms with van der Waals surface area (Å²) in [6.07, 6.45) is 0. The molecule has 0 saturated heterocycles. The van der Waals surface area contributed by atoms with Crippen LogP contribution in [0.1, 0.15) is 0 Å². The van der Waals surface area contributed by atoms with E-state index in [-0.39, 0.29) is 17.4 Å². The van der Waals surface area contributed by atoms with Crippen molar-refractivity contribution in [2.45, 2.75) is 0 Å². The van der Waals surface area contributed by atoms with E-state index < -0.39 is 0 Å². The fraction of sp³-hybridized carbons (Fsp3) is 0.0625. The summed E-state index contributed by atoms with van der Waals surface area (Å²) in [4.78, 5) is 0. The van der Waals surface area contributed by atoms with Gasteiger partial charge in [0.1, 0.15) is 5.75 Å². The van der Waals surface area contributed by atoms with Crippen LogP contribution in [-0.4, -0.2) is 7.11 Å². The molecular weight excluding hydrogens is 344 g/mol. The van der Waals surface area contributed by atoms with Crippen LogP contribution in [-0.2, 0) is 31.3 Å². The molecule has 0 N–H and O–H groups in total. The summed E-state index contributed by atoms with van der Waals surface area (Å²) < 4.78 is 27.8. The number of benzene rings is 2. The first kappa shape index (κ1) is 25.2. The summed E-state index contributed by atoms with van der Waals surface area (Å²) in [5.41, 5.74) is 2.02. The third-order valence-electron chi connectivity index (χ3n) is 2.27. The first-order valence-electron chi connectivity index (χ1n) is 5.32. The van der Waals surface area contributed by atoms with Gasteiger partial charge in [0, 0.05) is 33.5 Å². The van der Waals surface area contributed by atoms with Crippen LogP contribution >= 0.6 is 11.6 Å². The molecule has 0 fully saturated rings. The zero-order chi connectivity index (χ0) is 16.7. The molecule has 2 aromatic carbocycles. The minimum Gasteiger partial charge on any atom is 0 e. The predicted molar refractivity (Wildman–Crippen MR) is 75.2 cm³/mol. The zero-order valence-corrected chi connectivity index (χ0v) is 13.6. The first-order valence-corrected chi connectivity index (χ1v) is 5.70. The van der Waals surface area contributed by atoms with E-state index in [1.807, 2.05) is 48.5 Å². The Morgan fingerprint density at radius 2 is 1.18 bits per heavy atom. The Morgan fingerprint density at radius 1 is 0.773 bits per heavy atom. The van der Waals surface area contributed by atoms with E-state index in [0.717, 1.165) is 21.9 Å². The Bertz CT molecular complexity index is 580. The van der Waals surface area contributed by atoms with Gasteiger partial charge in [-0.1, -0.05) is 48.0 Å². The normalized spacial score (nSPS) is 7.09. The Labute approximate surface area is 145 Å². The van der Waals surface area contributed by atoms with Crippen molar-refractivity contribution in [2.75, 3.05) is 7.11 Å². The van der Waals surface area contributed by atoms with Gasteiger partial charge in [-0.3, -0.25) is 0 Å². The van der Waals surface area contributed by atoms with E-state index >= 15 is 0 Å². The molecule has 0 aliphatic heterocycles. The second-order valence-corrected chi connectivity index (χ2v) is 3.59. The standard InChI is InChI=1S/C13H11ClO.3CO.Cr/c1-15-13-9-5-3-7-11(13)10-6-2-4-8-12(10)14;3*1-2;/h2-9H,1H3;;;;. The SMILES string of the molecule is COc1ccccc1-c1ccccc1Cl.[C-]#[O+].[C-]#[O+].[C-]#[O+].[Cr]. The molecule has 0 aliphatic rings. The van der Waals surface area contributed by atoms with Gasteiger partial charge in [-0.15, -0.1) is 0 Å². The van der Waals surface area contributed by atoms with Crippen molar-refractivity contribution < 1.29 is 36.1 Å². The smallest absolute Gasteiger partial charge is 0 e.